The largest absolute Gasteiger partial charge is 0.298 e. The summed E-state index contributed by atoms with van der Waals surface area (Å²) in [6.07, 6.45) is 0. The van der Waals surface area contributed by atoms with E-state index in [-0.39, 0.29) is 11.6 Å². The number of aromatic nitrogens is 2. The molecule has 0 N–H and O–H groups in total. The van der Waals surface area contributed by atoms with Gasteiger partial charge in [-0.3, -0.25) is 14.3 Å². The molecule has 0 radical (unpaired) electrons. The predicted octanol–water partition coefficient (Wildman–Crippen LogP) is 2.96. The van der Waals surface area contributed by atoms with Gasteiger partial charge in [0.2, 0.25) is 10.0 Å². The highest BCUT2D eigenvalue weighted by molar-refractivity contribution is 7.89. The minimum absolute atomic E-state index is 0.137. The molecule has 1 unspecified atom stereocenters. The van der Waals surface area contributed by atoms with Crippen molar-refractivity contribution in [3.63, 3.8) is 0 Å². The van der Waals surface area contributed by atoms with E-state index in [1.807, 2.05) is 19.9 Å². The minimum Gasteiger partial charge on any atom is -0.298 e. The Kier molecular flexibility index (Phi) is 5.91. The molecule has 4 rings (SSSR count). The summed E-state index contributed by atoms with van der Waals surface area (Å²) in [6, 6.07) is 12.0. The Morgan fingerprint density at radius 2 is 1.77 bits per heavy atom. The smallest absolute Gasteiger partial charge is 0.261 e. The van der Waals surface area contributed by atoms with Gasteiger partial charge in [0.05, 0.1) is 21.8 Å². The SMILES string of the molecule is Cc1cccc(S(=O)(=O)N2CCN(C(C)c3nc4ccc(Cl)cc4c(=O)n3C)CC2)c1. The van der Waals surface area contributed by atoms with E-state index in [1.54, 1.807) is 48.0 Å². The van der Waals surface area contributed by atoms with E-state index >= 15 is 0 Å². The van der Waals surface area contributed by atoms with Crippen LogP contribution in [-0.4, -0.2) is 53.4 Å². The highest BCUT2D eigenvalue weighted by atomic mass is 35.5. The molecule has 1 aliphatic heterocycles. The second kappa shape index (κ2) is 8.35. The third-order valence-corrected chi connectivity index (χ3v) is 8.02. The van der Waals surface area contributed by atoms with Crippen molar-refractivity contribution in [2.75, 3.05) is 26.2 Å². The molecule has 0 amide bonds. The second-order valence-corrected chi connectivity index (χ2v) is 10.3. The lowest BCUT2D eigenvalue weighted by Crippen LogP contribution is -2.49. The molecular weight excluding hydrogens is 436 g/mol. The first-order valence-electron chi connectivity index (χ1n) is 10.2. The van der Waals surface area contributed by atoms with Crippen LogP contribution in [0.1, 0.15) is 24.4 Å². The molecule has 1 aromatic heterocycles. The van der Waals surface area contributed by atoms with Crippen LogP contribution in [0, 0.1) is 6.92 Å². The maximum absolute atomic E-state index is 13.0. The van der Waals surface area contributed by atoms with Crippen LogP contribution in [0.25, 0.3) is 10.9 Å². The predicted molar refractivity (Wildman–Crippen MR) is 122 cm³/mol. The molecule has 0 saturated carbocycles. The lowest BCUT2D eigenvalue weighted by molar-refractivity contribution is 0.139. The molecule has 2 heterocycles. The van der Waals surface area contributed by atoms with E-state index in [0.717, 1.165) is 5.56 Å². The molecule has 0 aliphatic carbocycles. The standard InChI is InChI=1S/C22H25ClN4O3S/c1-15-5-4-6-18(13-15)31(29,30)27-11-9-26(10-12-27)16(2)21-24-20-8-7-17(23)14-19(20)22(28)25(21)3/h4-8,13-14,16H,9-12H2,1-3H3. The quantitative estimate of drug-likeness (QED) is 0.598. The Balaban J connectivity index is 1.55. The third-order valence-electron chi connectivity index (χ3n) is 5.89. The number of nitrogens with zero attached hydrogens (tertiary/aromatic N) is 4. The number of piperazine rings is 1. The van der Waals surface area contributed by atoms with Gasteiger partial charge in [-0.1, -0.05) is 23.7 Å². The van der Waals surface area contributed by atoms with Gasteiger partial charge in [-0.05, 0) is 49.7 Å². The normalized spacial score (nSPS) is 17.2. The van der Waals surface area contributed by atoms with Crippen molar-refractivity contribution < 1.29 is 8.42 Å². The fourth-order valence-corrected chi connectivity index (χ4v) is 5.75. The molecule has 7 nitrogen and oxygen atoms in total. The Labute approximate surface area is 186 Å². The zero-order valence-corrected chi connectivity index (χ0v) is 19.3. The number of hydrogen-bond donors (Lipinski definition) is 0. The maximum Gasteiger partial charge on any atom is 0.261 e. The molecule has 164 valence electrons. The molecule has 3 aromatic rings. The number of benzene rings is 2. The number of sulfonamides is 1. The first kappa shape index (κ1) is 22.0. The van der Waals surface area contributed by atoms with E-state index in [2.05, 4.69) is 4.90 Å². The van der Waals surface area contributed by atoms with Gasteiger partial charge in [-0.15, -0.1) is 0 Å². The summed E-state index contributed by atoms with van der Waals surface area (Å²) in [6.45, 7) is 5.76. The Morgan fingerprint density at radius 1 is 1.06 bits per heavy atom. The van der Waals surface area contributed by atoms with Gasteiger partial charge in [-0.25, -0.2) is 13.4 Å². The third kappa shape index (κ3) is 4.13. The van der Waals surface area contributed by atoms with Gasteiger partial charge in [-0.2, -0.15) is 4.31 Å². The van der Waals surface area contributed by atoms with Crippen molar-refractivity contribution in [3.05, 3.63) is 69.2 Å². The van der Waals surface area contributed by atoms with Gasteiger partial charge in [0.15, 0.2) is 0 Å². The van der Waals surface area contributed by atoms with Crippen LogP contribution in [0.15, 0.2) is 52.2 Å². The van der Waals surface area contributed by atoms with Crippen molar-refractivity contribution >= 4 is 32.5 Å². The van der Waals surface area contributed by atoms with Crippen molar-refractivity contribution in [1.29, 1.82) is 0 Å². The van der Waals surface area contributed by atoms with Crippen molar-refractivity contribution in [2.45, 2.75) is 24.8 Å². The van der Waals surface area contributed by atoms with Crippen LogP contribution >= 0.6 is 11.6 Å². The summed E-state index contributed by atoms with van der Waals surface area (Å²) in [5.41, 5.74) is 1.38. The number of rotatable bonds is 4. The van der Waals surface area contributed by atoms with E-state index in [0.29, 0.717) is 52.8 Å². The second-order valence-electron chi connectivity index (χ2n) is 7.93. The summed E-state index contributed by atoms with van der Waals surface area (Å²) in [7, 11) is -1.81. The first-order chi connectivity index (χ1) is 14.7. The molecule has 9 heteroatoms. The summed E-state index contributed by atoms with van der Waals surface area (Å²) in [4.78, 5) is 20.0. The van der Waals surface area contributed by atoms with Crippen LogP contribution in [0.4, 0.5) is 0 Å². The van der Waals surface area contributed by atoms with Gasteiger partial charge < -0.3 is 0 Å². The van der Waals surface area contributed by atoms with Gasteiger partial charge in [0, 0.05) is 38.2 Å². The van der Waals surface area contributed by atoms with E-state index in [9.17, 15) is 13.2 Å². The van der Waals surface area contributed by atoms with E-state index < -0.39 is 10.0 Å². The molecule has 1 aliphatic rings. The van der Waals surface area contributed by atoms with Gasteiger partial charge in [0.1, 0.15) is 5.82 Å². The Morgan fingerprint density at radius 3 is 2.45 bits per heavy atom. The molecule has 31 heavy (non-hydrogen) atoms. The minimum atomic E-state index is -3.52. The van der Waals surface area contributed by atoms with Crippen LogP contribution in [0.3, 0.4) is 0 Å². The van der Waals surface area contributed by atoms with E-state index in [1.165, 1.54) is 4.31 Å². The Hall–Kier alpha value is -2.26. The average Bonchev–Trinajstić information content (AvgIpc) is 2.76. The van der Waals surface area contributed by atoms with Crippen LogP contribution in [-0.2, 0) is 17.1 Å². The maximum atomic E-state index is 13.0. The molecule has 0 spiro atoms. The zero-order valence-electron chi connectivity index (χ0n) is 17.7. The lowest BCUT2D eigenvalue weighted by Gasteiger charge is -2.37. The van der Waals surface area contributed by atoms with Gasteiger partial charge in [0.25, 0.3) is 5.56 Å². The fraction of sp³-hybridized carbons (Fsp3) is 0.364. The molecule has 1 fully saturated rings. The zero-order chi connectivity index (χ0) is 22.3. The highest BCUT2D eigenvalue weighted by Gasteiger charge is 2.31. The molecule has 2 aromatic carbocycles. The lowest BCUT2D eigenvalue weighted by atomic mass is 10.2. The highest BCUT2D eigenvalue weighted by Crippen LogP contribution is 2.24. The Bertz CT molecular complexity index is 1300. The summed E-state index contributed by atoms with van der Waals surface area (Å²) in [5.74, 6) is 0.648. The fourth-order valence-electron chi connectivity index (χ4n) is 4.05. The van der Waals surface area contributed by atoms with Crippen molar-refractivity contribution in [1.82, 2.24) is 18.8 Å². The van der Waals surface area contributed by atoms with Crippen LogP contribution in [0.2, 0.25) is 5.02 Å². The van der Waals surface area contributed by atoms with Crippen LogP contribution < -0.4 is 5.56 Å². The molecule has 1 atom stereocenters. The van der Waals surface area contributed by atoms with Crippen molar-refractivity contribution in [3.8, 4) is 0 Å². The topological polar surface area (TPSA) is 75.5 Å². The molecule has 1 saturated heterocycles. The first-order valence-corrected chi connectivity index (χ1v) is 12.0. The van der Waals surface area contributed by atoms with Gasteiger partial charge >= 0.3 is 0 Å². The number of hydrogen-bond acceptors (Lipinski definition) is 5. The number of halogens is 1. The van der Waals surface area contributed by atoms with Crippen LogP contribution in [0.5, 0.6) is 0 Å². The molecular formula is C22H25ClN4O3S. The number of fused-ring (bicyclic) bond motifs is 1. The number of aryl methyl sites for hydroxylation is 1. The monoisotopic (exact) mass is 460 g/mol. The summed E-state index contributed by atoms with van der Waals surface area (Å²) < 4.78 is 29.1. The molecule has 0 bridgehead atoms. The summed E-state index contributed by atoms with van der Waals surface area (Å²) in [5, 5.41) is 0.984. The summed E-state index contributed by atoms with van der Waals surface area (Å²) >= 11 is 6.03. The van der Waals surface area contributed by atoms with E-state index in [4.69, 9.17) is 16.6 Å². The van der Waals surface area contributed by atoms with Crippen molar-refractivity contribution in [2.24, 2.45) is 7.05 Å². The average molecular weight is 461 g/mol.